The van der Waals surface area contributed by atoms with Gasteiger partial charge < -0.3 is 0 Å². The fourth-order valence-corrected chi connectivity index (χ4v) is 2.78. The lowest BCUT2D eigenvalue weighted by molar-refractivity contribution is -0.111. The molecule has 0 radical (unpaired) electrons. The molecule has 2 aliphatic heterocycles. The van der Waals surface area contributed by atoms with Crippen LogP contribution in [0.1, 0.15) is 0 Å². The van der Waals surface area contributed by atoms with Crippen LogP contribution in [0.2, 0.25) is 0 Å². The number of pyridine rings is 1. The zero-order valence-corrected chi connectivity index (χ0v) is 10.1. The van der Waals surface area contributed by atoms with Gasteiger partial charge in [-0.15, -0.1) is 10.2 Å². The van der Waals surface area contributed by atoms with Crippen molar-refractivity contribution in [2.75, 3.05) is 0 Å². The Hall–Kier alpha value is -2.55. The Balaban J connectivity index is 2.09. The normalized spacial score (nSPS) is 17.7. The summed E-state index contributed by atoms with van der Waals surface area (Å²) in [6, 6.07) is 2.86. The first-order valence-electron chi connectivity index (χ1n) is 5.07. The van der Waals surface area contributed by atoms with E-state index in [-0.39, 0.29) is 21.4 Å². The van der Waals surface area contributed by atoms with Crippen molar-refractivity contribution in [2.24, 2.45) is 20.2 Å². The average Bonchev–Trinajstić information content (AvgIpc) is 2.86. The van der Waals surface area contributed by atoms with Gasteiger partial charge in [0, 0.05) is 12.4 Å². The molecule has 0 aromatic carbocycles. The van der Waals surface area contributed by atoms with Crippen LogP contribution in [0.4, 0.5) is 0 Å². The number of carbonyl (C=O) groups is 1. The lowest BCUT2D eigenvalue weighted by Gasteiger charge is -2.06. The molecule has 0 saturated heterocycles. The summed E-state index contributed by atoms with van der Waals surface area (Å²) in [4.78, 5) is 22.2. The molecule has 0 saturated carbocycles. The summed E-state index contributed by atoms with van der Waals surface area (Å²) in [5.41, 5.74) is -0.242. The molecule has 0 aliphatic carbocycles. The summed E-state index contributed by atoms with van der Waals surface area (Å²) in [5, 5.41) is 6.69. The zero-order valence-electron chi connectivity index (χ0n) is 9.26. The van der Waals surface area contributed by atoms with Crippen LogP contribution >= 0.6 is 0 Å². The Kier molecular flexibility index (Phi) is 2.42. The SMILES string of the molecule is O=C1N=CN=C2C1=NN=C2S(=O)(=O)c1cccnc1. The Morgan fingerprint density at radius 3 is 2.68 bits per heavy atom. The maximum atomic E-state index is 12.3. The molecule has 1 aromatic heterocycles. The molecule has 9 heteroatoms. The summed E-state index contributed by atoms with van der Waals surface area (Å²) >= 11 is 0. The monoisotopic (exact) mass is 275 g/mol. The number of rotatable bonds is 1. The molecule has 3 rings (SSSR count). The van der Waals surface area contributed by atoms with Crippen LogP contribution in [0.3, 0.4) is 0 Å². The molecular weight excluding hydrogens is 270 g/mol. The van der Waals surface area contributed by atoms with Crippen LogP contribution in [-0.4, -0.2) is 42.1 Å². The molecule has 0 bridgehead atoms. The van der Waals surface area contributed by atoms with Crippen molar-refractivity contribution in [2.45, 2.75) is 4.90 Å². The largest absolute Gasteiger partial charge is 0.301 e. The van der Waals surface area contributed by atoms with E-state index in [9.17, 15) is 13.2 Å². The number of aliphatic imine (C=N–C) groups is 2. The fourth-order valence-electron chi connectivity index (χ4n) is 1.55. The van der Waals surface area contributed by atoms with Gasteiger partial charge in [0.2, 0.25) is 14.9 Å². The van der Waals surface area contributed by atoms with Crippen LogP contribution in [0.5, 0.6) is 0 Å². The van der Waals surface area contributed by atoms with Gasteiger partial charge in [0.15, 0.2) is 5.71 Å². The van der Waals surface area contributed by atoms with E-state index in [1.807, 2.05) is 0 Å². The molecule has 0 atom stereocenters. The van der Waals surface area contributed by atoms with Crippen LogP contribution in [0.15, 0.2) is 49.6 Å². The average molecular weight is 275 g/mol. The number of hydrogen-bond donors (Lipinski definition) is 0. The van der Waals surface area contributed by atoms with Gasteiger partial charge in [0.1, 0.15) is 12.1 Å². The number of nitrogens with zero attached hydrogens (tertiary/aromatic N) is 5. The Labute approximate surface area is 107 Å². The molecule has 3 heterocycles. The van der Waals surface area contributed by atoms with E-state index < -0.39 is 15.7 Å². The lowest BCUT2D eigenvalue weighted by Crippen LogP contribution is -2.33. The van der Waals surface area contributed by atoms with Gasteiger partial charge in [-0.2, -0.15) is 4.99 Å². The van der Waals surface area contributed by atoms with Gasteiger partial charge in [-0.25, -0.2) is 13.4 Å². The van der Waals surface area contributed by atoms with Crippen molar-refractivity contribution in [1.29, 1.82) is 0 Å². The zero-order chi connectivity index (χ0) is 13.5. The first-order chi connectivity index (χ1) is 9.10. The third kappa shape index (κ3) is 1.71. The molecule has 2 aliphatic rings. The van der Waals surface area contributed by atoms with Crippen molar-refractivity contribution in [3.63, 3.8) is 0 Å². The summed E-state index contributed by atoms with van der Waals surface area (Å²) in [5.74, 6) is -0.662. The van der Waals surface area contributed by atoms with Crippen molar-refractivity contribution in [3.05, 3.63) is 24.5 Å². The predicted octanol–water partition coefficient (Wildman–Crippen LogP) is -0.367. The second-order valence-corrected chi connectivity index (χ2v) is 5.44. The van der Waals surface area contributed by atoms with Crippen LogP contribution in [0.25, 0.3) is 0 Å². The maximum Gasteiger partial charge on any atom is 0.301 e. The topological polar surface area (TPSA) is 114 Å². The van der Waals surface area contributed by atoms with Crippen LogP contribution < -0.4 is 0 Å². The lowest BCUT2D eigenvalue weighted by atomic mass is 10.2. The van der Waals surface area contributed by atoms with Gasteiger partial charge in [0.05, 0.1) is 4.90 Å². The van der Waals surface area contributed by atoms with Gasteiger partial charge in [-0.05, 0) is 12.1 Å². The van der Waals surface area contributed by atoms with Crippen molar-refractivity contribution < 1.29 is 13.2 Å². The highest BCUT2D eigenvalue weighted by Crippen LogP contribution is 2.17. The van der Waals surface area contributed by atoms with Crippen LogP contribution in [0, 0.1) is 0 Å². The van der Waals surface area contributed by atoms with E-state index in [2.05, 4.69) is 25.2 Å². The Bertz CT molecular complexity index is 790. The van der Waals surface area contributed by atoms with Crippen LogP contribution in [-0.2, 0) is 14.6 Å². The number of carbonyl (C=O) groups excluding carboxylic acids is 1. The highest BCUT2D eigenvalue weighted by atomic mass is 32.2. The summed E-state index contributed by atoms with van der Waals surface area (Å²) in [6.07, 6.45) is 3.62. The standard InChI is InChI=1S/C10H5N5O3S/c16-9-7-8(12-5-13-9)10(15-14-7)19(17,18)6-2-1-3-11-4-6/h1-5H. The molecule has 1 amide bonds. The Morgan fingerprint density at radius 2 is 1.95 bits per heavy atom. The molecule has 19 heavy (non-hydrogen) atoms. The molecule has 94 valence electrons. The fraction of sp³-hybridized carbons (Fsp3) is 0. The molecule has 0 unspecified atom stereocenters. The minimum absolute atomic E-state index is 0.0390. The molecule has 8 nitrogen and oxygen atoms in total. The minimum Gasteiger partial charge on any atom is -0.265 e. The molecule has 0 N–H and O–H groups in total. The maximum absolute atomic E-state index is 12.3. The second kappa shape index (κ2) is 3.99. The van der Waals surface area contributed by atoms with E-state index >= 15 is 0 Å². The van der Waals surface area contributed by atoms with Gasteiger partial charge >= 0.3 is 5.91 Å². The Morgan fingerprint density at radius 1 is 1.11 bits per heavy atom. The number of fused-ring (bicyclic) bond motifs is 1. The second-order valence-electron chi connectivity index (χ2n) is 3.57. The highest BCUT2D eigenvalue weighted by Gasteiger charge is 2.37. The van der Waals surface area contributed by atoms with Gasteiger partial charge in [-0.1, -0.05) is 0 Å². The van der Waals surface area contributed by atoms with Crippen molar-refractivity contribution in [3.8, 4) is 0 Å². The van der Waals surface area contributed by atoms with Crippen molar-refractivity contribution in [1.82, 2.24) is 4.98 Å². The van der Waals surface area contributed by atoms with E-state index in [1.165, 1.54) is 24.5 Å². The quantitative estimate of drug-likeness (QED) is 0.695. The predicted molar refractivity (Wildman–Crippen MR) is 67.2 cm³/mol. The first-order valence-corrected chi connectivity index (χ1v) is 6.55. The number of aromatic nitrogens is 1. The summed E-state index contributed by atoms with van der Waals surface area (Å²) in [7, 11) is -3.90. The third-order valence-corrected chi connectivity index (χ3v) is 4.08. The van der Waals surface area contributed by atoms with Gasteiger partial charge in [0.25, 0.3) is 0 Å². The summed E-state index contributed by atoms with van der Waals surface area (Å²) < 4.78 is 24.6. The molecule has 1 aromatic rings. The first kappa shape index (κ1) is 11.5. The smallest absolute Gasteiger partial charge is 0.265 e. The minimum atomic E-state index is -3.90. The third-order valence-electron chi connectivity index (χ3n) is 2.43. The molecular formula is C10H5N5O3S. The highest BCUT2D eigenvalue weighted by molar-refractivity contribution is 8.08. The van der Waals surface area contributed by atoms with Crippen molar-refractivity contribution >= 4 is 38.6 Å². The number of hydrogen-bond acceptors (Lipinski definition) is 7. The van der Waals surface area contributed by atoms with E-state index in [0.717, 1.165) is 6.34 Å². The number of sulfone groups is 1. The molecule has 0 spiro atoms. The van der Waals surface area contributed by atoms with E-state index in [1.54, 1.807) is 0 Å². The summed E-state index contributed by atoms with van der Waals surface area (Å²) in [6.45, 7) is 0. The van der Waals surface area contributed by atoms with E-state index in [0.29, 0.717) is 0 Å². The van der Waals surface area contributed by atoms with Gasteiger partial charge in [-0.3, -0.25) is 9.78 Å². The number of amides is 1. The van der Waals surface area contributed by atoms with E-state index in [4.69, 9.17) is 0 Å². The molecule has 0 fully saturated rings.